The Morgan fingerprint density at radius 1 is 1.22 bits per heavy atom. The van der Waals surface area contributed by atoms with Gasteiger partial charge in [-0.3, -0.25) is 0 Å². The molecule has 90 valence electrons. The first-order chi connectivity index (χ1) is 8.85. The molecule has 0 aliphatic rings. The summed E-state index contributed by atoms with van der Waals surface area (Å²) in [7, 11) is 0. The molecule has 0 atom stereocenters. The van der Waals surface area contributed by atoms with Crippen LogP contribution in [0.1, 0.15) is 23.6 Å². The van der Waals surface area contributed by atoms with Gasteiger partial charge in [0.05, 0.1) is 11.8 Å². The van der Waals surface area contributed by atoms with Crippen molar-refractivity contribution in [2.45, 2.75) is 19.9 Å². The van der Waals surface area contributed by atoms with Crippen LogP contribution in [0.4, 0.5) is 5.82 Å². The third-order valence-electron chi connectivity index (χ3n) is 2.79. The van der Waals surface area contributed by atoms with Crippen LogP contribution in [0.15, 0.2) is 36.5 Å². The summed E-state index contributed by atoms with van der Waals surface area (Å²) < 4.78 is 0. The van der Waals surface area contributed by atoms with Crippen molar-refractivity contribution in [2.24, 2.45) is 0 Å². The zero-order chi connectivity index (χ0) is 12.8. The van der Waals surface area contributed by atoms with Crippen LogP contribution in [0.25, 0.3) is 0 Å². The fourth-order valence-corrected chi connectivity index (χ4v) is 1.81. The Labute approximate surface area is 106 Å². The summed E-state index contributed by atoms with van der Waals surface area (Å²) in [5.41, 5.74) is 3.03. The maximum absolute atomic E-state index is 8.96. The molecule has 4 heteroatoms. The maximum Gasteiger partial charge on any atom is 0.166 e. The monoisotopic (exact) mass is 238 g/mol. The van der Waals surface area contributed by atoms with Gasteiger partial charge >= 0.3 is 0 Å². The minimum Gasteiger partial charge on any atom is -0.363 e. The van der Waals surface area contributed by atoms with Crippen LogP contribution in [0.3, 0.4) is 0 Å². The molecular weight excluding hydrogens is 224 g/mol. The molecule has 0 amide bonds. The lowest BCUT2D eigenvalue weighted by molar-refractivity contribution is 0.980. The predicted molar refractivity (Wildman–Crippen MR) is 69.9 cm³/mol. The predicted octanol–water partition coefficient (Wildman–Crippen LogP) is 2.52. The number of hydrogen-bond donors (Lipinski definition) is 1. The molecule has 0 aliphatic heterocycles. The molecule has 0 saturated heterocycles. The average molecular weight is 238 g/mol. The third kappa shape index (κ3) is 2.64. The molecular formula is C14H14N4. The highest BCUT2D eigenvalue weighted by Crippen LogP contribution is 2.13. The molecule has 1 heterocycles. The smallest absolute Gasteiger partial charge is 0.166 e. The molecule has 4 nitrogen and oxygen atoms in total. The van der Waals surface area contributed by atoms with Crippen molar-refractivity contribution in [3.8, 4) is 6.07 Å². The number of aryl methyl sites for hydroxylation is 1. The summed E-state index contributed by atoms with van der Waals surface area (Å²) in [6.45, 7) is 2.78. The van der Waals surface area contributed by atoms with Gasteiger partial charge in [-0.2, -0.15) is 10.4 Å². The van der Waals surface area contributed by atoms with Crippen molar-refractivity contribution in [3.05, 3.63) is 53.2 Å². The van der Waals surface area contributed by atoms with E-state index in [9.17, 15) is 0 Å². The second-order valence-electron chi connectivity index (χ2n) is 3.88. The highest BCUT2D eigenvalue weighted by Gasteiger charge is 2.04. The van der Waals surface area contributed by atoms with E-state index in [1.165, 1.54) is 17.3 Å². The van der Waals surface area contributed by atoms with E-state index >= 15 is 0 Å². The van der Waals surface area contributed by atoms with E-state index < -0.39 is 0 Å². The molecule has 0 unspecified atom stereocenters. The molecule has 0 bridgehead atoms. The van der Waals surface area contributed by atoms with Gasteiger partial charge in [-0.25, -0.2) is 0 Å². The lowest BCUT2D eigenvalue weighted by Crippen LogP contribution is -2.06. The summed E-state index contributed by atoms with van der Waals surface area (Å²) in [6.07, 6.45) is 2.51. The molecule has 1 N–H and O–H groups in total. The summed E-state index contributed by atoms with van der Waals surface area (Å²) in [5.74, 6) is 0.533. The lowest BCUT2D eigenvalue weighted by Gasteiger charge is -2.09. The number of anilines is 1. The third-order valence-corrected chi connectivity index (χ3v) is 2.79. The molecule has 2 rings (SSSR count). The molecule has 1 aromatic heterocycles. The molecule has 0 aliphatic carbocycles. The Morgan fingerprint density at radius 3 is 2.72 bits per heavy atom. The summed E-state index contributed by atoms with van der Waals surface area (Å²) in [6, 6.07) is 12.0. The molecule has 2 aromatic rings. The zero-order valence-corrected chi connectivity index (χ0v) is 10.2. The summed E-state index contributed by atoms with van der Waals surface area (Å²) in [4.78, 5) is 0. The maximum atomic E-state index is 8.96. The quantitative estimate of drug-likeness (QED) is 0.889. The van der Waals surface area contributed by atoms with E-state index in [-0.39, 0.29) is 0 Å². The van der Waals surface area contributed by atoms with Crippen LogP contribution >= 0.6 is 0 Å². The van der Waals surface area contributed by atoms with Gasteiger partial charge in [0.15, 0.2) is 5.82 Å². The van der Waals surface area contributed by atoms with Gasteiger partial charge in [0.1, 0.15) is 6.07 Å². The topological polar surface area (TPSA) is 61.6 Å². The molecule has 0 saturated carbocycles. The second-order valence-corrected chi connectivity index (χ2v) is 3.88. The molecule has 0 spiro atoms. The molecule has 0 radical (unpaired) electrons. The largest absolute Gasteiger partial charge is 0.363 e. The first-order valence-electron chi connectivity index (χ1n) is 5.87. The Balaban J connectivity index is 2.14. The Morgan fingerprint density at radius 2 is 2.00 bits per heavy atom. The van der Waals surface area contributed by atoms with Gasteiger partial charge in [0, 0.05) is 6.54 Å². The number of nitrogens with zero attached hydrogens (tertiary/aromatic N) is 3. The van der Waals surface area contributed by atoms with Crippen molar-refractivity contribution in [1.82, 2.24) is 10.2 Å². The van der Waals surface area contributed by atoms with Crippen LogP contribution in [0.5, 0.6) is 0 Å². The number of nitriles is 1. The van der Waals surface area contributed by atoms with Crippen LogP contribution in [-0.2, 0) is 13.0 Å². The SMILES string of the molecule is CCc1ccccc1CNc1nnccc1C#N. The average Bonchev–Trinajstić information content (AvgIpc) is 2.45. The number of aromatic nitrogens is 2. The van der Waals surface area contributed by atoms with E-state index in [2.05, 4.69) is 40.6 Å². The fourth-order valence-electron chi connectivity index (χ4n) is 1.81. The van der Waals surface area contributed by atoms with Gasteiger partial charge in [0.25, 0.3) is 0 Å². The normalized spacial score (nSPS) is 9.78. The highest BCUT2D eigenvalue weighted by molar-refractivity contribution is 5.50. The number of benzene rings is 1. The Bertz CT molecular complexity index is 572. The van der Waals surface area contributed by atoms with Crippen LogP contribution in [-0.4, -0.2) is 10.2 Å². The standard InChI is InChI=1S/C14H14N4/c1-2-11-5-3-4-6-13(11)10-16-14-12(9-15)7-8-17-18-14/h3-8H,2,10H2,1H3,(H,16,18). The van der Waals surface area contributed by atoms with Crippen molar-refractivity contribution in [2.75, 3.05) is 5.32 Å². The van der Waals surface area contributed by atoms with E-state index in [1.807, 2.05) is 12.1 Å². The van der Waals surface area contributed by atoms with Crippen LogP contribution in [0, 0.1) is 11.3 Å². The van der Waals surface area contributed by atoms with Crippen LogP contribution < -0.4 is 5.32 Å². The minimum atomic E-state index is 0.513. The second kappa shape index (κ2) is 5.78. The zero-order valence-electron chi connectivity index (χ0n) is 10.2. The van der Waals surface area contributed by atoms with Crippen molar-refractivity contribution < 1.29 is 0 Å². The highest BCUT2D eigenvalue weighted by atomic mass is 15.2. The van der Waals surface area contributed by atoms with E-state index in [0.717, 1.165) is 6.42 Å². The fraction of sp³-hybridized carbons (Fsp3) is 0.214. The van der Waals surface area contributed by atoms with Gasteiger partial charge in [0.2, 0.25) is 0 Å². The van der Waals surface area contributed by atoms with E-state index in [0.29, 0.717) is 17.9 Å². The number of hydrogen-bond acceptors (Lipinski definition) is 4. The van der Waals surface area contributed by atoms with E-state index in [1.54, 1.807) is 6.07 Å². The first-order valence-corrected chi connectivity index (χ1v) is 5.87. The molecule has 1 aromatic carbocycles. The summed E-state index contributed by atoms with van der Waals surface area (Å²) in [5, 5.41) is 19.8. The van der Waals surface area contributed by atoms with Crippen LogP contribution in [0.2, 0.25) is 0 Å². The van der Waals surface area contributed by atoms with Crippen molar-refractivity contribution >= 4 is 5.82 Å². The number of nitrogens with one attached hydrogen (secondary N) is 1. The van der Waals surface area contributed by atoms with Gasteiger partial charge < -0.3 is 5.32 Å². The Hall–Kier alpha value is -2.41. The Kier molecular flexibility index (Phi) is 3.87. The van der Waals surface area contributed by atoms with Crippen molar-refractivity contribution in [1.29, 1.82) is 5.26 Å². The number of rotatable bonds is 4. The minimum absolute atomic E-state index is 0.513. The van der Waals surface area contributed by atoms with Gasteiger partial charge in [-0.15, -0.1) is 5.10 Å². The van der Waals surface area contributed by atoms with Crippen molar-refractivity contribution in [3.63, 3.8) is 0 Å². The first kappa shape index (κ1) is 12.1. The van der Waals surface area contributed by atoms with Gasteiger partial charge in [-0.05, 0) is 23.6 Å². The lowest BCUT2D eigenvalue weighted by atomic mass is 10.1. The summed E-state index contributed by atoms with van der Waals surface area (Å²) >= 11 is 0. The molecule has 18 heavy (non-hydrogen) atoms. The van der Waals surface area contributed by atoms with Gasteiger partial charge in [-0.1, -0.05) is 31.2 Å². The molecule has 0 fully saturated rings. The van der Waals surface area contributed by atoms with E-state index in [4.69, 9.17) is 5.26 Å².